The Bertz CT molecular complexity index is 1980. The van der Waals surface area contributed by atoms with Crippen LogP contribution in [0.5, 0.6) is 0 Å². The van der Waals surface area contributed by atoms with E-state index in [1.54, 1.807) is 12.3 Å². The van der Waals surface area contributed by atoms with Crippen molar-refractivity contribution in [3.63, 3.8) is 0 Å². The Morgan fingerprint density at radius 3 is 2.16 bits per heavy atom. The van der Waals surface area contributed by atoms with Crippen molar-refractivity contribution < 1.29 is 37.7 Å². The van der Waals surface area contributed by atoms with Gasteiger partial charge in [-0.05, 0) is 60.6 Å². The van der Waals surface area contributed by atoms with Gasteiger partial charge in [0.2, 0.25) is 5.71 Å². The fourth-order valence-electron chi connectivity index (χ4n) is 4.99. The van der Waals surface area contributed by atoms with Crippen molar-refractivity contribution in [1.82, 2.24) is 15.0 Å². The molecule has 0 aliphatic heterocycles. The SMILES string of the molecule is Cc1cccc(C)c1-c1ccc2c(n1)oc1c(-c3cc(C(F)(F)F)ccn3)[c-]ccc12.[Ir].[c-]1ccccc1-c1ccccn1. The third-order valence-corrected chi connectivity index (χ3v) is 7.03. The van der Waals surface area contributed by atoms with Crippen LogP contribution in [0.4, 0.5) is 13.2 Å². The first-order valence-corrected chi connectivity index (χ1v) is 13.5. The molecule has 0 saturated heterocycles. The molecular weight excluding hydrogens is 740 g/mol. The molecule has 3 aromatic carbocycles. The number of rotatable bonds is 3. The Morgan fingerprint density at radius 2 is 1.45 bits per heavy atom. The number of aryl methyl sites for hydroxylation is 2. The van der Waals surface area contributed by atoms with Gasteiger partial charge in [0.25, 0.3) is 0 Å². The molecule has 221 valence electrons. The zero-order valence-electron chi connectivity index (χ0n) is 23.6. The Kier molecular flexibility index (Phi) is 9.04. The largest absolute Gasteiger partial charge is 0.486 e. The molecule has 0 aliphatic rings. The van der Waals surface area contributed by atoms with Gasteiger partial charge in [-0.2, -0.15) is 13.2 Å². The number of pyridine rings is 3. The number of furan rings is 1. The van der Waals surface area contributed by atoms with Gasteiger partial charge in [-0.25, -0.2) is 4.98 Å². The maximum absolute atomic E-state index is 13.2. The Labute approximate surface area is 266 Å². The van der Waals surface area contributed by atoms with Crippen LogP contribution in [-0.4, -0.2) is 15.0 Å². The van der Waals surface area contributed by atoms with E-state index in [0.29, 0.717) is 16.9 Å². The summed E-state index contributed by atoms with van der Waals surface area (Å²) in [6, 6.07) is 35.1. The summed E-state index contributed by atoms with van der Waals surface area (Å²) >= 11 is 0. The third kappa shape index (κ3) is 6.32. The number of hydrogen-bond acceptors (Lipinski definition) is 4. The molecule has 0 fully saturated rings. The summed E-state index contributed by atoms with van der Waals surface area (Å²) in [6.45, 7) is 4.05. The summed E-state index contributed by atoms with van der Waals surface area (Å²) < 4.78 is 45.5. The number of benzene rings is 3. The van der Waals surface area contributed by atoms with E-state index in [1.807, 2.05) is 92.7 Å². The molecule has 7 rings (SSSR count). The Hall–Kier alpha value is -4.65. The van der Waals surface area contributed by atoms with E-state index in [9.17, 15) is 13.2 Å². The standard InChI is InChI=1S/C25H16F3N2O.C11H8N.Ir/c1-14-5-3-6-15(2)22(14)20-10-9-18-17-7-4-8-19(23(17)31-24(18)30-20)21-13-16(11-12-29-21)25(26,27)28;1-2-6-10(7-3-1)11-8-4-5-9-12-11;/h3-7,9-13H,1-2H3;1-6,8-9H;/q2*-1;. The van der Waals surface area contributed by atoms with Crippen LogP contribution in [0.25, 0.3) is 55.8 Å². The summed E-state index contributed by atoms with van der Waals surface area (Å²) in [6.07, 6.45) is -1.53. The maximum Gasteiger partial charge on any atom is 0.415 e. The van der Waals surface area contributed by atoms with E-state index < -0.39 is 11.7 Å². The van der Waals surface area contributed by atoms with E-state index in [1.165, 1.54) is 0 Å². The molecule has 1 radical (unpaired) electrons. The molecule has 4 nitrogen and oxygen atoms in total. The van der Waals surface area contributed by atoms with Crippen molar-refractivity contribution in [1.29, 1.82) is 0 Å². The molecule has 4 aromatic heterocycles. The molecule has 0 aliphatic carbocycles. The van der Waals surface area contributed by atoms with Crippen LogP contribution in [0.15, 0.2) is 114 Å². The predicted octanol–water partition coefficient (Wildman–Crippen LogP) is 9.69. The summed E-state index contributed by atoms with van der Waals surface area (Å²) in [4.78, 5) is 13.1. The molecule has 0 atom stereocenters. The maximum atomic E-state index is 13.2. The zero-order chi connectivity index (χ0) is 30.0. The minimum atomic E-state index is -4.46. The normalized spacial score (nSPS) is 11.1. The van der Waals surface area contributed by atoms with Gasteiger partial charge in [-0.1, -0.05) is 47.3 Å². The average molecular weight is 764 g/mol. The molecule has 0 saturated carbocycles. The topological polar surface area (TPSA) is 51.8 Å². The van der Waals surface area contributed by atoms with Gasteiger partial charge in [0.15, 0.2) is 0 Å². The van der Waals surface area contributed by atoms with Gasteiger partial charge in [0, 0.05) is 49.0 Å². The Balaban J connectivity index is 0.000000248. The minimum absolute atomic E-state index is 0. The quantitative estimate of drug-likeness (QED) is 0.168. The smallest absolute Gasteiger partial charge is 0.415 e. The van der Waals surface area contributed by atoms with Gasteiger partial charge in [-0.3, -0.25) is 0 Å². The molecule has 0 amide bonds. The van der Waals surface area contributed by atoms with Crippen LogP contribution in [0, 0.1) is 26.0 Å². The molecule has 44 heavy (non-hydrogen) atoms. The van der Waals surface area contributed by atoms with Crippen molar-refractivity contribution in [2.24, 2.45) is 0 Å². The van der Waals surface area contributed by atoms with E-state index in [4.69, 9.17) is 9.40 Å². The molecule has 0 N–H and O–H groups in total. The summed E-state index contributed by atoms with van der Waals surface area (Å²) in [5, 5.41) is 1.54. The number of nitrogens with zero attached hydrogens (tertiary/aromatic N) is 3. The minimum Gasteiger partial charge on any atom is -0.486 e. The van der Waals surface area contributed by atoms with Crippen molar-refractivity contribution in [3.05, 3.63) is 138 Å². The fraction of sp³-hybridized carbons (Fsp3) is 0.0833. The number of halogens is 3. The summed E-state index contributed by atoms with van der Waals surface area (Å²) in [5.74, 6) is 0. The predicted molar refractivity (Wildman–Crippen MR) is 162 cm³/mol. The van der Waals surface area contributed by atoms with Gasteiger partial charge in [-0.15, -0.1) is 54.1 Å². The monoisotopic (exact) mass is 764 g/mol. The molecule has 7 aromatic rings. The second kappa shape index (κ2) is 12.9. The van der Waals surface area contributed by atoms with E-state index in [-0.39, 0.29) is 25.8 Å². The van der Waals surface area contributed by atoms with Crippen molar-refractivity contribution in [3.8, 4) is 33.8 Å². The first-order valence-electron chi connectivity index (χ1n) is 13.5. The van der Waals surface area contributed by atoms with Crippen molar-refractivity contribution in [2.75, 3.05) is 0 Å². The second-order valence-corrected chi connectivity index (χ2v) is 9.93. The van der Waals surface area contributed by atoms with Gasteiger partial charge in [0.1, 0.15) is 0 Å². The van der Waals surface area contributed by atoms with Gasteiger partial charge < -0.3 is 14.4 Å². The van der Waals surface area contributed by atoms with E-state index in [0.717, 1.165) is 62.7 Å². The van der Waals surface area contributed by atoms with Crippen LogP contribution < -0.4 is 0 Å². The molecule has 4 heterocycles. The van der Waals surface area contributed by atoms with Crippen molar-refractivity contribution >= 4 is 22.1 Å². The van der Waals surface area contributed by atoms with Gasteiger partial charge >= 0.3 is 6.18 Å². The summed E-state index contributed by atoms with van der Waals surface area (Å²) in [7, 11) is 0. The molecule has 0 unspecified atom stereocenters. The van der Waals surface area contributed by atoms with Crippen molar-refractivity contribution in [2.45, 2.75) is 20.0 Å². The van der Waals surface area contributed by atoms with Crippen LogP contribution in [-0.2, 0) is 26.3 Å². The number of aromatic nitrogens is 3. The Morgan fingerprint density at radius 1 is 0.682 bits per heavy atom. The molecule has 0 spiro atoms. The van der Waals surface area contributed by atoms with E-state index >= 15 is 0 Å². The second-order valence-electron chi connectivity index (χ2n) is 9.93. The zero-order valence-corrected chi connectivity index (χ0v) is 26.0. The van der Waals surface area contributed by atoms with Crippen LogP contribution in [0.1, 0.15) is 16.7 Å². The molecular formula is C36H24F3IrN3O-2. The molecule has 8 heteroatoms. The first-order chi connectivity index (χ1) is 20.8. The van der Waals surface area contributed by atoms with Crippen LogP contribution in [0.3, 0.4) is 0 Å². The number of hydrogen-bond donors (Lipinski definition) is 0. The van der Waals surface area contributed by atoms with Crippen LogP contribution in [0.2, 0.25) is 0 Å². The summed E-state index contributed by atoms with van der Waals surface area (Å²) in [5.41, 5.74) is 6.62. The number of alkyl halides is 3. The first kappa shape index (κ1) is 30.8. The fourth-order valence-corrected chi connectivity index (χ4v) is 4.99. The number of fused-ring (bicyclic) bond motifs is 3. The third-order valence-electron chi connectivity index (χ3n) is 7.03. The average Bonchev–Trinajstić information content (AvgIpc) is 3.40. The van der Waals surface area contributed by atoms with E-state index in [2.05, 4.69) is 22.1 Å². The molecule has 0 bridgehead atoms. The van der Waals surface area contributed by atoms with Crippen LogP contribution >= 0.6 is 0 Å². The van der Waals surface area contributed by atoms with Gasteiger partial charge in [0.05, 0.1) is 11.3 Å².